The summed E-state index contributed by atoms with van der Waals surface area (Å²) in [5.74, 6) is -0.0219. The summed E-state index contributed by atoms with van der Waals surface area (Å²) in [6, 6.07) is 7.70. The van der Waals surface area contributed by atoms with Crippen molar-refractivity contribution < 1.29 is 9.90 Å². The first-order valence-electron chi connectivity index (χ1n) is 7.45. The number of aromatic nitrogens is 2. The Bertz CT molecular complexity index is 664. The number of aliphatic hydroxyl groups is 1. The van der Waals surface area contributed by atoms with E-state index in [2.05, 4.69) is 10.4 Å². The summed E-state index contributed by atoms with van der Waals surface area (Å²) in [4.78, 5) is 14.4. The van der Waals surface area contributed by atoms with E-state index in [0.29, 0.717) is 12.1 Å². The molecular weight excluding hydrogens is 280 g/mol. The second-order valence-corrected chi connectivity index (χ2v) is 5.56. The van der Waals surface area contributed by atoms with E-state index in [1.54, 1.807) is 15.8 Å². The van der Waals surface area contributed by atoms with E-state index in [1.165, 1.54) is 0 Å². The summed E-state index contributed by atoms with van der Waals surface area (Å²) in [5, 5.41) is 16.5. The molecule has 0 radical (unpaired) electrons. The van der Waals surface area contributed by atoms with Gasteiger partial charge in [-0.1, -0.05) is 6.07 Å². The summed E-state index contributed by atoms with van der Waals surface area (Å²) in [6.45, 7) is 0.389. The van der Waals surface area contributed by atoms with Gasteiger partial charge in [0.05, 0.1) is 18.5 Å². The van der Waals surface area contributed by atoms with Crippen LogP contribution in [0.3, 0.4) is 0 Å². The Kier molecular flexibility index (Phi) is 4.11. The van der Waals surface area contributed by atoms with Crippen molar-refractivity contribution in [1.29, 1.82) is 0 Å². The van der Waals surface area contributed by atoms with Crippen molar-refractivity contribution in [3.8, 4) is 0 Å². The molecule has 0 saturated heterocycles. The molecule has 1 aliphatic rings. The summed E-state index contributed by atoms with van der Waals surface area (Å²) in [7, 11) is 1.85. The van der Waals surface area contributed by atoms with Crippen molar-refractivity contribution in [3.05, 3.63) is 42.2 Å². The minimum atomic E-state index is -0.0219. The molecular formula is C16H20N4O2. The predicted molar refractivity (Wildman–Crippen MR) is 84.1 cm³/mol. The fourth-order valence-corrected chi connectivity index (χ4v) is 2.49. The van der Waals surface area contributed by atoms with Crippen molar-refractivity contribution in [2.45, 2.75) is 18.9 Å². The van der Waals surface area contributed by atoms with Crippen LogP contribution in [0.2, 0.25) is 0 Å². The third kappa shape index (κ3) is 3.28. The zero-order chi connectivity index (χ0) is 15.5. The van der Waals surface area contributed by atoms with Crippen LogP contribution in [0.1, 0.15) is 23.2 Å². The molecule has 0 aliphatic heterocycles. The molecule has 0 atom stereocenters. The Morgan fingerprint density at radius 1 is 1.45 bits per heavy atom. The van der Waals surface area contributed by atoms with Gasteiger partial charge >= 0.3 is 0 Å². The van der Waals surface area contributed by atoms with Gasteiger partial charge < -0.3 is 15.3 Å². The van der Waals surface area contributed by atoms with Crippen LogP contribution in [-0.4, -0.2) is 44.9 Å². The normalized spacial score (nSPS) is 13.9. The van der Waals surface area contributed by atoms with E-state index in [4.69, 9.17) is 5.11 Å². The lowest BCUT2D eigenvalue weighted by Gasteiger charge is -2.21. The number of benzene rings is 1. The van der Waals surface area contributed by atoms with E-state index in [0.717, 1.165) is 24.2 Å². The highest BCUT2D eigenvalue weighted by Gasteiger charge is 2.32. The molecule has 6 nitrogen and oxygen atoms in total. The number of aryl methyl sites for hydroxylation is 1. The van der Waals surface area contributed by atoms with Gasteiger partial charge in [-0.3, -0.25) is 9.48 Å². The molecule has 0 spiro atoms. The molecule has 22 heavy (non-hydrogen) atoms. The van der Waals surface area contributed by atoms with E-state index < -0.39 is 0 Å². The first kappa shape index (κ1) is 14.6. The fraction of sp³-hybridized carbons (Fsp3) is 0.375. The largest absolute Gasteiger partial charge is 0.395 e. The Balaban J connectivity index is 1.76. The minimum absolute atomic E-state index is 0.00410. The lowest BCUT2D eigenvalue weighted by Crippen LogP contribution is -2.35. The Morgan fingerprint density at radius 2 is 2.27 bits per heavy atom. The van der Waals surface area contributed by atoms with Gasteiger partial charge in [0, 0.05) is 37.1 Å². The predicted octanol–water partition coefficient (Wildman–Crippen LogP) is 1.76. The average Bonchev–Trinajstić information content (AvgIpc) is 3.28. The number of carbonyl (C=O) groups is 1. The lowest BCUT2D eigenvalue weighted by molar-refractivity contribution is 0.0707. The van der Waals surface area contributed by atoms with Crippen LogP contribution < -0.4 is 5.32 Å². The highest BCUT2D eigenvalue weighted by Crippen LogP contribution is 2.28. The summed E-state index contributed by atoms with van der Waals surface area (Å²) in [5.41, 5.74) is 2.36. The average molecular weight is 300 g/mol. The second-order valence-electron chi connectivity index (χ2n) is 5.56. The van der Waals surface area contributed by atoms with Gasteiger partial charge in [0.2, 0.25) is 0 Å². The summed E-state index contributed by atoms with van der Waals surface area (Å²) >= 11 is 0. The van der Waals surface area contributed by atoms with Gasteiger partial charge in [0.15, 0.2) is 0 Å². The van der Waals surface area contributed by atoms with Gasteiger partial charge in [0.1, 0.15) is 0 Å². The smallest absolute Gasteiger partial charge is 0.254 e. The molecule has 0 unspecified atom stereocenters. The number of aliphatic hydroxyl groups excluding tert-OH is 1. The molecule has 2 aromatic rings. The maximum Gasteiger partial charge on any atom is 0.254 e. The monoisotopic (exact) mass is 300 g/mol. The summed E-state index contributed by atoms with van der Waals surface area (Å²) < 4.78 is 1.72. The third-order valence-corrected chi connectivity index (χ3v) is 3.69. The van der Waals surface area contributed by atoms with Gasteiger partial charge in [0.25, 0.3) is 5.91 Å². The maximum absolute atomic E-state index is 12.6. The molecule has 116 valence electrons. The standard InChI is InChI=1S/C16H20N4O2/c1-19-11-14(10-17-19)18-13-4-2-3-12(9-13)16(22)20(7-8-21)15-5-6-15/h2-4,9-11,15,18,21H,5-8H2,1H3. The number of anilines is 2. The first-order chi connectivity index (χ1) is 10.7. The van der Waals surface area contributed by atoms with Crippen molar-refractivity contribution in [3.63, 3.8) is 0 Å². The molecule has 1 aromatic carbocycles. The second kappa shape index (κ2) is 6.19. The number of hydrogen-bond donors (Lipinski definition) is 2. The highest BCUT2D eigenvalue weighted by molar-refractivity contribution is 5.95. The molecule has 2 N–H and O–H groups in total. The third-order valence-electron chi connectivity index (χ3n) is 3.69. The minimum Gasteiger partial charge on any atom is -0.395 e. The fourth-order valence-electron chi connectivity index (χ4n) is 2.49. The van der Waals surface area contributed by atoms with Crippen molar-refractivity contribution in [2.75, 3.05) is 18.5 Å². The van der Waals surface area contributed by atoms with Crippen molar-refractivity contribution in [2.24, 2.45) is 7.05 Å². The molecule has 1 saturated carbocycles. The van der Waals surface area contributed by atoms with Crippen LogP contribution in [0, 0.1) is 0 Å². The van der Waals surface area contributed by atoms with E-state index in [1.807, 2.05) is 37.5 Å². The number of carbonyl (C=O) groups excluding carboxylic acids is 1. The molecule has 3 rings (SSSR count). The Labute approximate surface area is 129 Å². The van der Waals surface area contributed by atoms with Crippen LogP contribution in [0.5, 0.6) is 0 Å². The van der Waals surface area contributed by atoms with Crippen LogP contribution >= 0.6 is 0 Å². The topological polar surface area (TPSA) is 70.4 Å². The summed E-state index contributed by atoms with van der Waals surface area (Å²) in [6.07, 6.45) is 5.66. The van der Waals surface area contributed by atoms with Gasteiger partial charge in [-0.15, -0.1) is 0 Å². The SMILES string of the molecule is Cn1cc(Nc2cccc(C(=O)N(CCO)C3CC3)c2)cn1. The van der Waals surface area contributed by atoms with E-state index in [-0.39, 0.29) is 18.6 Å². The molecule has 0 bridgehead atoms. The Hall–Kier alpha value is -2.34. The molecule has 1 heterocycles. The molecule has 1 amide bonds. The number of rotatable bonds is 6. The number of hydrogen-bond acceptors (Lipinski definition) is 4. The van der Waals surface area contributed by atoms with Crippen LogP contribution in [0.25, 0.3) is 0 Å². The Morgan fingerprint density at radius 3 is 2.91 bits per heavy atom. The molecule has 1 fully saturated rings. The van der Waals surface area contributed by atoms with Gasteiger partial charge in [-0.05, 0) is 31.0 Å². The van der Waals surface area contributed by atoms with E-state index >= 15 is 0 Å². The molecule has 1 aliphatic carbocycles. The maximum atomic E-state index is 12.6. The number of nitrogens with zero attached hydrogens (tertiary/aromatic N) is 3. The highest BCUT2D eigenvalue weighted by atomic mass is 16.3. The lowest BCUT2D eigenvalue weighted by atomic mass is 10.1. The molecule has 6 heteroatoms. The van der Waals surface area contributed by atoms with E-state index in [9.17, 15) is 4.79 Å². The van der Waals surface area contributed by atoms with Crippen molar-refractivity contribution in [1.82, 2.24) is 14.7 Å². The zero-order valence-corrected chi connectivity index (χ0v) is 12.6. The quantitative estimate of drug-likeness (QED) is 0.853. The van der Waals surface area contributed by atoms with Crippen LogP contribution in [-0.2, 0) is 7.05 Å². The number of amides is 1. The number of nitrogens with one attached hydrogen (secondary N) is 1. The van der Waals surface area contributed by atoms with Gasteiger partial charge in [-0.25, -0.2) is 0 Å². The van der Waals surface area contributed by atoms with Crippen molar-refractivity contribution >= 4 is 17.3 Å². The van der Waals surface area contributed by atoms with Gasteiger partial charge in [-0.2, -0.15) is 5.10 Å². The zero-order valence-electron chi connectivity index (χ0n) is 12.6. The first-order valence-corrected chi connectivity index (χ1v) is 7.45. The van der Waals surface area contributed by atoms with Crippen LogP contribution in [0.15, 0.2) is 36.7 Å². The molecule has 1 aromatic heterocycles. The van der Waals surface area contributed by atoms with Crippen LogP contribution in [0.4, 0.5) is 11.4 Å².